The zero-order valence-corrected chi connectivity index (χ0v) is 32.9. The number of urea groups is 1. The van der Waals surface area contributed by atoms with Crippen molar-refractivity contribution in [2.24, 2.45) is 10.7 Å². The van der Waals surface area contributed by atoms with E-state index in [0.29, 0.717) is 40.3 Å². The number of fused-ring (bicyclic) bond motifs is 2. The van der Waals surface area contributed by atoms with Gasteiger partial charge in [0.15, 0.2) is 11.3 Å². The predicted molar refractivity (Wildman–Crippen MR) is 217 cm³/mol. The van der Waals surface area contributed by atoms with Gasteiger partial charge in [-0.05, 0) is 99.2 Å². The number of pyridine rings is 2. The number of carbonyl (C=O) groups is 3. The normalized spacial score (nSPS) is 10.3. The highest BCUT2D eigenvalue weighted by Crippen LogP contribution is 2.24. The zero-order valence-electron chi connectivity index (χ0n) is 29.0. The van der Waals surface area contributed by atoms with Crippen molar-refractivity contribution in [3.8, 4) is 0 Å². The minimum atomic E-state index is -0.571. The fourth-order valence-corrected chi connectivity index (χ4v) is 5.22. The first-order valence-corrected chi connectivity index (χ1v) is 18.5. The highest BCUT2D eigenvalue weighted by atomic mass is 79.9. The molecule has 6 rings (SSSR count). The topological polar surface area (TPSA) is 184 Å². The van der Waals surface area contributed by atoms with Crippen LogP contribution < -0.4 is 21.7 Å². The summed E-state index contributed by atoms with van der Waals surface area (Å²) in [6.07, 6.45) is 15.5. The Bertz CT molecular complexity index is 2060. The quantitative estimate of drug-likeness (QED) is 0.0230. The number of carbonyl (C=O) groups excluding carboxylic acids is 4. The Morgan fingerprint density at radius 3 is 2.38 bits per heavy atom. The van der Waals surface area contributed by atoms with E-state index in [1.165, 1.54) is 25.0 Å². The molecule has 2 aromatic carbocycles. The number of halogens is 3. The summed E-state index contributed by atoms with van der Waals surface area (Å²) in [5.74, 6) is 0.745. The second-order valence-electron chi connectivity index (χ2n) is 11.1. The van der Waals surface area contributed by atoms with Crippen molar-refractivity contribution in [2.45, 2.75) is 39.5 Å². The van der Waals surface area contributed by atoms with Crippen LogP contribution in [0.25, 0.3) is 17.1 Å². The molecule has 3 aromatic heterocycles. The van der Waals surface area contributed by atoms with Gasteiger partial charge >= 0.3 is 6.03 Å². The molecular formula is C38H38Br2ClN8O4+. The monoisotopic (exact) mass is 863 g/mol. The van der Waals surface area contributed by atoms with Gasteiger partial charge in [0.2, 0.25) is 6.08 Å². The number of nitrogens with two attached hydrogens (primary N) is 1. The number of nitrogens with one attached hydrogen (secondary N) is 4. The number of aromatic nitrogens is 3. The van der Waals surface area contributed by atoms with Crippen molar-refractivity contribution in [1.29, 1.82) is 0 Å². The number of H-pyrrole nitrogens is 1. The molecule has 53 heavy (non-hydrogen) atoms. The van der Waals surface area contributed by atoms with E-state index in [1.807, 2.05) is 18.2 Å². The number of rotatable bonds is 10. The van der Waals surface area contributed by atoms with Crippen molar-refractivity contribution in [2.75, 3.05) is 23.7 Å². The van der Waals surface area contributed by atoms with Crippen LogP contribution in [0, 0.1) is 6.20 Å². The molecule has 2 amide bonds. The number of ketones is 1. The maximum atomic E-state index is 12.9. The molecule has 1 aliphatic heterocycles. The van der Waals surface area contributed by atoms with E-state index in [-0.39, 0.29) is 11.8 Å². The van der Waals surface area contributed by atoms with Crippen LogP contribution in [0.1, 0.15) is 71.4 Å². The van der Waals surface area contributed by atoms with Gasteiger partial charge in [0, 0.05) is 57.2 Å². The Labute approximate surface area is 329 Å². The van der Waals surface area contributed by atoms with E-state index >= 15 is 0 Å². The lowest BCUT2D eigenvalue weighted by Crippen LogP contribution is -2.29. The number of amides is 2. The maximum Gasteiger partial charge on any atom is 0.319 e. The molecule has 0 atom stereocenters. The molecule has 0 unspecified atom stereocenters. The molecule has 274 valence electrons. The second kappa shape index (κ2) is 22.8. The molecule has 15 heteroatoms. The van der Waals surface area contributed by atoms with Crippen LogP contribution in [0.2, 0.25) is 0 Å². The van der Waals surface area contributed by atoms with Crippen LogP contribution in [-0.2, 0) is 4.79 Å². The number of nitrogens with zero attached hydrogens (tertiary/aromatic N) is 3. The van der Waals surface area contributed by atoms with Gasteiger partial charge in [-0.25, -0.2) is 14.6 Å². The average molecular weight is 866 g/mol. The number of benzene rings is 2. The summed E-state index contributed by atoms with van der Waals surface area (Å²) in [6, 6.07) is 16.6. The molecule has 0 radical (unpaired) electrons. The third-order valence-corrected chi connectivity index (χ3v) is 8.13. The van der Waals surface area contributed by atoms with Gasteiger partial charge < -0.3 is 21.4 Å². The third-order valence-electron chi connectivity index (χ3n) is 7.05. The molecule has 0 bridgehead atoms. The van der Waals surface area contributed by atoms with Gasteiger partial charge in [0.1, 0.15) is 17.9 Å². The Morgan fingerprint density at radius 2 is 1.68 bits per heavy atom. The first-order valence-electron chi connectivity index (χ1n) is 16.5. The highest BCUT2D eigenvalue weighted by Gasteiger charge is 2.18. The molecule has 0 fully saturated rings. The van der Waals surface area contributed by atoms with Gasteiger partial charge in [-0.1, -0.05) is 44.9 Å². The minimum Gasteiger partial charge on any atom is -0.345 e. The van der Waals surface area contributed by atoms with E-state index in [0.717, 1.165) is 45.1 Å². The predicted octanol–water partition coefficient (Wildman–Crippen LogP) is 9.30. The standard InChI is InChI=1S/C19H19BrN4O2.C8H4ClNO2.C7H4BrN2.C4H11N/c1-2-3-7-21-19(26)24-14-6-4-5-12(8-14)17(25)16-11-23-18-15(16)9-13(20)10-22-18;9-8(12)6-2-1-3-7(4-6)10-5-11;8-6-3-5-1-2-9-7(5)10-4-6;1-2-3-4-5/h4-6,8-11H,2-3,7H2,1H3,(H,22,23)(H2,21,24,26);1-4H;1,3-4H,(H,9,10);2-5H2,1H3/q;;+1;. The summed E-state index contributed by atoms with van der Waals surface area (Å²) >= 11 is 11.9. The SMILES string of the molecule is Brc1cnc2c(c1)C=[C+]N2.CCCCN.CCCCNC(=O)Nc1cccc(C(=O)c2c[nH]c3ncc(Br)cc23)c1.O=C=Nc1cccc(C(=O)Cl)c1. The van der Waals surface area contributed by atoms with Gasteiger partial charge in [0.05, 0.1) is 16.4 Å². The van der Waals surface area contributed by atoms with Crippen molar-refractivity contribution < 1.29 is 19.2 Å². The van der Waals surface area contributed by atoms with Gasteiger partial charge in [0.25, 0.3) is 11.1 Å². The first kappa shape index (κ1) is 42.3. The number of aliphatic imine (C=N–C) groups is 1. The third kappa shape index (κ3) is 14.1. The average Bonchev–Trinajstić information content (AvgIpc) is 3.79. The minimum absolute atomic E-state index is 0.133. The maximum absolute atomic E-state index is 12.9. The molecule has 5 aromatic rings. The number of aromatic amines is 1. The number of anilines is 2. The Morgan fingerprint density at radius 1 is 0.962 bits per heavy atom. The molecule has 1 aliphatic rings. The van der Waals surface area contributed by atoms with E-state index in [1.54, 1.807) is 61.1 Å². The van der Waals surface area contributed by atoms with Crippen molar-refractivity contribution in [3.63, 3.8) is 0 Å². The van der Waals surface area contributed by atoms with Gasteiger partial charge in [-0.3, -0.25) is 9.59 Å². The van der Waals surface area contributed by atoms with E-state index < -0.39 is 5.24 Å². The smallest absolute Gasteiger partial charge is 0.319 e. The summed E-state index contributed by atoms with van der Waals surface area (Å²) in [5, 5.41) is 8.61. The van der Waals surface area contributed by atoms with E-state index in [9.17, 15) is 19.2 Å². The van der Waals surface area contributed by atoms with Crippen LogP contribution in [0.4, 0.5) is 22.0 Å². The van der Waals surface area contributed by atoms with Crippen LogP contribution in [-0.4, -0.2) is 51.2 Å². The molecule has 0 saturated carbocycles. The summed E-state index contributed by atoms with van der Waals surface area (Å²) in [4.78, 5) is 59.9. The summed E-state index contributed by atoms with van der Waals surface area (Å²) in [6.45, 7) is 5.66. The lowest BCUT2D eigenvalue weighted by atomic mass is 10.0. The van der Waals surface area contributed by atoms with Crippen molar-refractivity contribution in [3.05, 3.63) is 117 Å². The molecule has 4 heterocycles. The fourth-order valence-electron chi connectivity index (χ4n) is 4.42. The summed E-state index contributed by atoms with van der Waals surface area (Å²) in [5.41, 5.74) is 9.17. The van der Waals surface area contributed by atoms with Crippen LogP contribution in [0.5, 0.6) is 0 Å². The van der Waals surface area contributed by atoms with Crippen molar-refractivity contribution >= 4 is 101 Å². The van der Waals surface area contributed by atoms with E-state index in [2.05, 4.69) is 87.8 Å². The number of hydrogen-bond acceptors (Lipinski definition) is 9. The van der Waals surface area contributed by atoms with Gasteiger partial charge in [-0.15, -0.1) is 0 Å². The lowest BCUT2D eigenvalue weighted by molar-refractivity contribution is 0.103. The largest absolute Gasteiger partial charge is 0.345 e. The fraction of sp³-hybridized carbons (Fsp3) is 0.211. The Balaban J connectivity index is 0.000000229. The lowest BCUT2D eigenvalue weighted by Gasteiger charge is -2.08. The highest BCUT2D eigenvalue weighted by molar-refractivity contribution is 9.10. The Kier molecular flexibility index (Phi) is 18.2. The molecule has 0 spiro atoms. The number of unbranched alkanes of at least 4 members (excludes halogenated alkanes) is 2. The Hall–Kier alpha value is -5.07. The second-order valence-corrected chi connectivity index (χ2v) is 13.2. The number of isocyanates is 1. The molecule has 12 nitrogen and oxygen atoms in total. The first-order chi connectivity index (χ1) is 25.6. The molecule has 0 aliphatic carbocycles. The molecule has 6 N–H and O–H groups in total. The summed E-state index contributed by atoms with van der Waals surface area (Å²) in [7, 11) is 0. The van der Waals surface area contributed by atoms with Crippen LogP contribution in [0.15, 0.2) is 93.2 Å². The summed E-state index contributed by atoms with van der Waals surface area (Å²) < 4.78 is 1.80. The van der Waals surface area contributed by atoms with Gasteiger partial charge in [-0.2, -0.15) is 15.3 Å². The van der Waals surface area contributed by atoms with Crippen LogP contribution in [0.3, 0.4) is 0 Å². The van der Waals surface area contributed by atoms with E-state index in [4.69, 9.17) is 17.3 Å². The van der Waals surface area contributed by atoms with Crippen LogP contribution >= 0.6 is 43.5 Å². The number of hydrogen-bond donors (Lipinski definition) is 5. The molecular weight excluding hydrogens is 828 g/mol. The van der Waals surface area contributed by atoms with Crippen molar-refractivity contribution in [1.82, 2.24) is 20.3 Å². The molecule has 0 saturated heterocycles. The zero-order chi connectivity index (χ0) is 38.6.